The molecule has 0 bridgehead atoms. The number of nitrogens with zero attached hydrogens (tertiary/aromatic N) is 2. The van der Waals surface area contributed by atoms with Crippen LogP contribution in [-0.4, -0.2) is 9.13 Å². The molecule has 0 aliphatic heterocycles. The van der Waals surface area contributed by atoms with Crippen LogP contribution >= 0.6 is 0 Å². The van der Waals surface area contributed by atoms with Crippen molar-refractivity contribution in [3.8, 4) is 33.6 Å². The Bertz CT molecular complexity index is 2960. The maximum atomic E-state index is 2.49. The highest BCUT2D eigenvalue weighted by atomic mass is 15.0. The highest BCUT2D eigenvalue weighted by molar-refractivity contribution is 6.11. The molecule has 284 valence electrons. The third kappa shape index (κ3) is 6.19. The van der Waals surface area contributed by atoms with Crippen molar-refractivity contribution in [1.29, 1.82) is 0 Å². The lowest BCUT2D eigenvalue weighted by atomic mass is 9.86. The molecule has 9 aromatic rings. The Morgan fingerprint density at radius 3 is 1.36 bits per heavy atom. The van der Waals surface area contributed by atoms with E-state index in [4.69, 9.17) is 0 Å². The predicted molar refractivity (Wildman–Crippen MR) is 250 cm³/mol. The molecule has 2 aromatic heterocycles. The van der Waals surface area contributed by atoms with Gasteiger partial charge in [0.15, 0.2) is 0 Å². The normalized spacial score (nSPS) is 13.6. The predicted octanol–water partition coefficient (Wildman–Crippen LogP) is 15.5. The van der Waals surface area contributed by atoms with E-state index in [1.165, 1.54) is 88.1 Å². The minimum Gasteiger partial charge on any atom is -0.309 e. The summed E-state index contributed by atoms with van der Waals surface area (Å²) in [6, 6.07) is 57.2. The molecule has 0 amide bonds. The van der Waals surface area contributed by atoms with Crippen LogP contribution in [0.3, 0.4) is 0 Å². The monoisotopic (exact) mass is 750 g/mol. The van der Waals surface area contributed by atoms with Crippen LogP contribution in [-0.2, 0) is 10.8 Å². The summed E-state index contributed by atoms with van der Waals surface area (Å²) in [5.41, 5.74) is 17.2. The van der Waals surface area contributed by atoms with Crippen LogP contribution in [0.2, 0.25) is 0 Å². The average Bonchev–Trinajstić information content (AvgIpc) is 3.76. The van der Waals surface area contributed by atoms with Crippen LogP contribution in [0.15, 0.2) is 170 Å². The zero-order valence-electron chi connectivity index (χ0n) is 34.5. The third-order valence-electron chi connectivity index (χ3n) is 12.2. The fraction of sp³-hybridized carbons (Fsp3) is 0.179. The molecule has 2 heteroatoms. The summed E-state index contributed by atoms with van der Waals surface area (Å²) in [5.74, 6) is 0. The van der Waals surface area contributed by atoms with Crippen LogP contribution in [0.5, 0.6) is 0 Å². The molecule has 58 heavy (non-hydrogen) atoms. The smallest absolute Gasteiger partial charge is 0.0541 e. The van der Waals surface area contributed by atoms with E-state index in [-0.39, 0.29) is 10.8 Å². The summed E-state index contributed by atoms with van der Waals surface area (Å²) in [6.07, 6.45) is 9.15. The van der Waals surface area contributed by atoms with E-state index >= 15 is 0 Å². The van der Waals surface area contributed by atoms with Gasteiger partial charge in [-0.25, -0.2) is 0 Å². The van der Waals surface area contributed by atoms with E-state index in [2.05, 4.69) is 221 Å². The lowest BCUT2D eigenvalue weighted by Gasteiger charge is -2.20. The molecule has 7 aromatic carbocycles. The fourth-order valence-electron chi connectivity index (χ4n) is 9.04. The highest BCUT2D eigenvalue weighted by Crippen LogP contribution is 2.41. The second kappa shape index (κ2) is 13.6. The third-order valence-corrected chi connectivity index (χ3v) is 12.2. The van der Waals surface area contributed by atoms with Gasteiger partial charge in [0.1, 0.15) is 0 Å². The molecule has 0 N–H and O–H groups in total. The summed E-state index contributed by atoms with van der Waals surface area (Å²) in [7, 11) is 0. The number of allylic oxidation sites excluding steroid dienone is 4. The van der Waals surface area contributed by atoms with Gasteiger partial charge in [0.25, 0.3) is 0 Å². The van der Waals surface area contributed by atoms with Gasteiger partial charge in [-0.2, -0.15) is 0 Å². The topological polar surface area (TPSA) is 9.86 Å². The van der Waals surface area contributed by atoms with E-state index in [0.29, 0.717) is 0 Å². The van der Waals surface area contributed by atoms with E-state index in [9.17, 15) is 0 Å². The van der Waals surface area contributed by atoms with Crippen LogP contribution in [0, 0.1) is 0 Å². The van der Waals surface area contributed by atoms with Gasteiger partial charge in [0, 0.05) is 32.9 Å². The fourth-order valence-corrected chi connectivity index (χ4v) is 9.04. The van der Waals surface area contributed by atoms with Gasteiger partial charge in [-0.1, -0.05) is 139 Å². The molecular formula is C56H50N2. The molecule has 1 aliphatic carbocycles. The Morgan fingerprint density at radius 2 is 0.845 bits per heavy atom. The standard InChI is InChI=1S/C56H50N2/c1-55(2,3)43-25-27-53-49(34-43)47-21-13-15-23-51(47)57(53)45-32-42(41-30-39(37-17-9-7-10-18-37)29-40(31-41)38-19-11-8-12-20-38)33-46(36-45)58-52-24-16-14-22-48(52)50-35-44(56(4,5)6)26-28-54(50)58/h7,9-11,13-36H,8,12H2,1-6H3. The maximum Gasteiger partial charge on any atom is 0.0541 e. The first-order chi connectivity index (χ1) is 28.0. The van der Waals surface area contributed by atoms with Crippen LogP contribution < -0.4 is 0 Å². The van der Waals surface area contributed by atoms with Crippen molar-refractivity contribution in [3.63, 3.8) is 0 Å². The number of aromatic nitrogens is 2. The van der Waals surface area contributed by atoms with Gasteiger partial charge in [-0.15, -0.1) is 0 Å². The number of fused-ring (bicyclic) bond motifs is 6. The lowest BCUT2D eigenvalue weighted by molar-refractivity contribution is 0.591. The molecule has 2 heterocycles. The number of benzene rings is 7. The Morgan fingerprint density at radius 1 is 0.379 bits per heavy atom. The largest absolute Gasteiger partial charge is 0.309 e. The van der Waals surface area contributed by atoms with Gasteiger partial charge < -0.3 is 9.13 Å². The molecule has 0 fully saturated rings. The Balaban J connectivity index is 1.30. The second-order valence-electron chi connectivity index (χ2n) is 18.2. The SMILES string of the molecule is CC(C)(C)c1ccc2c(c1)c1ccccc1n2-c1cc(-c2cc(C3=CCCC=C3)cc(-c3ccccc3)c2)cc(-n2c3ccccc3c3cc(C(C)(C)C)ccc32)c1. The highest BCUT2D eigenvalue weighted by Gasteiger charge is 2.22. The average molecular weight is 751 g/mol. The molecule has 1 aliphatic rings. The number of rotatable bonds is 5. The molecule has 0 saturated heterocycles. The maximum absolute atomic E-state index is 2.49. The first kappa shape index (κ1) is 36.0. The second-order valence-corrected chi connectivity index (χ2v) is 18.2. The lowest BCUT2D eigenvalue weighted by Crippen LogP contribution is -2.10. The van der Waals surface area contributed by atoms with Crippen LogP contribution in [0.1, 0.15) is 71.1 Å². The molecule has 10 rings (SSSR count). The van der Waals surface area contributed by atoms with E-state index < -0.39 is 0 Å². The quantitative estimate of drug-likeness (QED) is 0.166. The Labute approximate surface area is 342 Å². The van der Waals surface area contributed by atoms with E-state index in [1.807, 2.05) is 0 Å². The summed E-state index contributed by atoms with van der Waals surface area (Å²) in [6.45, 7) is 13.8. The molecule has 2 nitrogen and oxygen atoms in total. The number of hydrogen-bond donors (Lipinski definition) is 0. The minimum absolute atomic E-state index is 0.0400. The summed E-state index contributed by atoms with van der Waals surface area (Å²) in [5, 5.41) is 5.11. The first-order valence-corrected chi connectivity index (χ1v) is 20.8. The van der Waals surface area contributed by atoms with Crippen LogP contribution in [0.4, 0.5) is 0 Å². The first-order valence-electron chi connectivity index (χ1n) is 20.8. The van der Waals surface area contributed by atoms with Crippen molar-refractivity contribution in [2.45, 2.75) is 65.2 Å². The van der Waals surface area contributed by atoms with Gasteiger partial charge in [-0.05, 0) is 141 Å². The van der Waals surface area contributed by atoms with Gasteiger partial charge in [0.2, 0.25) is 0 Å². The summed E-state index contributed by atoms with van der Waals surface area (Å²) in [4.78, 5) is 0. The molecule has 0 saturated carbocycles. The van der Waals surface area contributed by atoms with Crippen molar-refractivity contribution >= 4 is 49.2 Å². The van der Waals surface area contributed by atoms with Gasteiger partial charge in [-0.3, -0.25) is 0 Å². The Hall–Kier alpha value is -6.38. The van der Waals surface area contributed by atoms with Crippen molar-refractivity contribution in [3.05, 3.63) is 187 Å². The van der Waals surface area contributed by atoms with E-state index in [1.54, 1.807) is 0 Å². The molecule has 0 radical (unpaired) electrons. The summed E-state index contributed by atoms with van der Waals surface area (Å²) >= 11 is 0. The van der Waals surface area contributed by atoms with E-state index in [0.717, 1.165) is 24.2 Å². The zero-order chi connectivity index (χ0) is 39.8. The molecule has 0 atom stereocenters. The van der Waals surface area contributed by atoms with Crippen molar-refractivity contribution in [1.82, 2.24) is 9.13 Å². The molecule has 0 unspecified atom stereocenters. The summed E-state index contributed by atoms with van der Waals surface area (Å²) < 4.78 is 4.98. The van der Waals surface area contributed by atoms with Crippen molar-refractivity contribution in [2.24, 2.45) is 0 Å². The van der Waals surface area contributed by atoms with Crippen LogP contribution in [0.25, 0.3) is 82.8 Å². The molecular weight excluding hydrogens is 701 g/mol. The van der Waals surface area contributed by atoms with Gasteiger partial charge in [0.05, 0.1) is 22.1 Å². The zero-order valence-corrected chi connectivity index (χ0v) is 34.5. The molecule has 0 spiro atoms. The number of para-hydroxylation sites is 2. The van der Waals surface area contributed by atoms with Crippen molar-refractivity contribution < 1.29 is 0 Å². The Kier molecular flexibility index (Phi) is 8.46. The van der Waals surface area contributed by atoms with Gasteiger partial charge >= 0.3 is 0 Å². The number of hydrogen-bond acceptors (Lipinski definition) is 0. The van der Waals surface area contributed by atoms with Crippen molar-refractivity contribution in [2.75, 3.05) is 0 Å². The minimum atomic E-state index is 0.0400.